The van der Waals surface area contributed by atoms with Gasteiger partial charge in [0.05, 0.1) is 0 Å². The summed E-state index contributed by atoms with van der Waals surface area (Å²) in [6, 6.07) is 0. The number of aliphatic hydroxyl groups is 2. The fraction of sp³-hybridized carbons (Fsp3) is 1.00. The smallest absolute Gasteiger partial charge is 0.379 e. The first-order chi connectivity index (χ1) is 8.04. The number of halogens is 6. The molecule has 110 valence electrons. The summed E-state index contributed by atoms with van der Waals surface area (Å²) in [7, 11) is 0. The molecule has 2 N–H and O–H groups in total. The van der Waals surface area contributed by atoms with E-state index in [0.29, 0.717) is 6.42 Å². The van der Waals surface area contributed by atoms with Gasteiger partial charge in [-0.25, -0.2) is 0 Å². The Labute approximate surface area is 99.4 Å². The van der Waals surface area contributed by atoms with Gasteiger partial charge in [0.15, 0.2) is 0 Å². The van der Waals surface area contributed by atoms with E-state index in [0.717, 1.165) is 0 Å². The minimum absolute atomic E-state index is 0.190. The third-order valence-corrected chi connectivity index (χ3v) is 2.16. The van der Waals surface area contributed by atoms with E-state index in [-0.39, 0.29) is 6.42 Å². The highest BCUT2D eigenvalue weighted by atomic mass is 19.3. The SMILES string of the molecule is CCCCOC(O)C(F)(F)C(F)(F)C(F)(F)CO. The van der Waals surface area contributed by atoms with E-state index in [1.165, 1.54) is 0 Å². The predicted octanol–water partition coefficient (Wildman–Crippen LogP) is 2.02. The molecule has 0 aromatic heterocycles. The zero-order valence-electron chi connectivity index (χ0n) is 9.48. The van der Waals surface area contributed by atoms with Crippen LogP contribution in [0.2, 0.25) is 0 Å². The van der Waals surface area contributed by atoms with Crippen LogP contribution in [0.15, 0.2) is 0 Å². The van der Waals surface area contributed by atoms with Gasteiger partial charge in [-0.2, -0.15) is 26.3 Å². The largest absolute Gasteiger partial charge is 0.390 e. The van der Waals surface area contributed by atoms with E-state index < -0.39 is 37.3 Å². The van der Waals surface area contributed by atoms with Crippen LogP contribution in [0.4, 0.5) is 26.3 Å². The fourth-order valence-electron chi connectivity index (χ4n) is 0.942. The molecule has 0 heterocycles. The number of unbranched alkanes of at least 4 members (excludes halogenated alkanes) is 1. The van der Waals surface area contributed by atoms with Gasteiger partial charge in [0, 0.05) is 6.61 Å². The van der Waals surface area contributed by atoms with Crippen molar-refractivity contribution >= 4 is 0 Å². The van der Waals surface area contributed by atoms with Crippen molar-refractivity contribution in [1.82, 2.24) is 0 Å². The number of aliphatic hydroxyl groups excluding tert-OH is 2. The Hall–Kier alpha value is -0.540. The summed E-state index contributed by atoms with van der Waals surface area (Å²) in [5.74, 6) is -16.8. The van der Waals surface area contributed by atoms with Crippen molar-refractivity contribution < 1.29 is 41.3 Å². The van der Waals surface area contributed by atoms with Gasteiger partial charge in [0.1, 0.15) is 6.61 Å². The predicted molar refractivity (Wildman–Crippen MR) is 48.8 cm³/mol. The topological polar surface area (TPSA) is 49.7 Å². The van der Waals surface area contributed by atoms with Crippen molar-refractivity contribution in [3.05, 3.63) is 0 Å². The molecule has 0 aliphatic carbocycles. The van der Waals surface area contributed by atoms with Crippen LogP contribution in [0.3, 0.4) is 0 Å². The van der Waals surface area contributed by atoms with E-state index in [2.05, 4.69) is 4.74 Å². The minimum Gasteiger partial charge on any atom is -0.390 e. The average Bonchev–Trinajstić information content (AvgIpc) is 2.28. The first kappa shape index (κ1) is 17.5. The summed E-state index contributed by atoms with van der Waals surface area (Å²) < 4.78 is 80.7. The van der Waals surface area contributed by atoms with E-state index in [1.807, 2.05) is 0 Å². The van der Waals surface area contributed by atoms with Crippen LogP contribution in [-0.2, 0) is 4.74 Å². The Morgan fingerprint density at radius 3 is 2.00 bits per heavy atom. The molecule has 0 bridgehead atoms. The molecule has 0 radical (unpaired) electrons. The third kappa shape index (κ3) is 3.27. The summed E-state index contributed by atoms with van der Waals surface area (Å²) >= 11 is 0. The number of hydrogen-bond donors (Lipinski definition) is 2. The lowest BCUT2D eigenvalue weighted by Gasteiger charge is -2.34. The van der Waals surface area contributed by atoms with E-state index >= 15 is 0 Å². The Morgan fingerprint density at radius 1 is 1.11 bits per heavy atom. The summed E-state index contributed by atoms with van der Waals surface area (Å²) in [4.78, 5) is 0. The molecule has 0 spiro atoms. The molecule has 0 aliphatic heterocycles. The first-order valence-electron chi connectivity index (χ1n) is 5.08. The molecule has 0 rings (SSSR count). The molecular formula is C9H14F6O3. The molecule has 0 fully saturated rings. The maximum Gasteiger partial charge on any atom is 0.379 e. The monoisotopic (exact) mass is 284 g/mol. The van der Waals surface area contributed by atoms with Crippen LogP contribution in [0, 0.1) is 0 Å². The van der Waals surface area contributed by atoms with Gasteiger partial charge in [0.2, 0.25) is 6.29 Å². The van der Waals surface area contributed by atoms with Crippen molar-refractivity contribution in [3.8, 4) is 0 Å². The molecule has 18 heavy (non-hydrogen) atoms. The van der Waals surface area contributed by atoms with Crippen molar-refractivity contribution in [2.75, 3.05) is 13.2 Å². The Kier molecular flexibility index (Phi) is 5.89. The number of alkyl halides is 6. The quantitative estimate of drug-likeness (QED) is 0.407. The molecule has 9 heteroatoms. The van der Waals surface area contributed by atoms with Gasteiger partial charge in [0.25, 0.3) is 0 Å². The second-order valence-electron chi connectivity index (χ2n) is 3.64. The molecule has 0 amide bonds. The molecule has 0 aromatic rings. The zero-order chi connectivity index (χ0) is 14.6. The molecule has 0 aromatic carbocycles. The summed E-state index contributed by atoms with van der Waals surface area (Å²) in [6.07, 6.45) is -2.71. The van der Waals surface area contributed by atoms with Gasteiger partial charge >= 0.3 is 17.8 Å². The number of rotatable bonds is 8. The van der Waals surface area contributed by atoms with Gasteiger partial charge < -0.3 is 14.9 Å². The molecule has 1 unspecified atom stereocenters. The Balaban J connectivity index is 4.88. The highest BCUT2D eigenvalue weighted by molar-refractivity contribution is 4.97. The van der Waals surface area contributed by atoms with Gasteiger partial charge in [-0.3, -0.25) is 0 Å². The van der Waals surface area contributed by atoms with Gasteiger partial charge in [-0.15, -0.1) is 0 Å². The second-order valence-corrected chi connectivity index (χ2v) is 3.64. The maximum atomic E-state index is 13.0. The Bertz CT molecular complexity index is 259. The fourth-order valence-corrected chi connectivity index (χ4v) is 0.942. The lowest BCUT2D eigenvalue weighted by molar-refractivity contribution is -0.371. The van der Waals surface area contributed by atoms with Crippen molar-refractivity contribution in [1.29, 1.82) is 0 Å². The first-order valence-corrected chi connectivity index (χ1v) is 5.08. The van der Waals surface area contributed by atoms with Crippen LogP contribution in [0.25, 0.3) is 0 Å². The van der Waals surface area contributed by atoms with Crippen molar-refractivity contribution in [2.45, 2.75) is 43.8 Å². The Morgan fingerprint density at radius 2 is 1.61 bits per heavy atom. The normalized spacial score (nSPS) is 15.8. The second kappa shape index (κ2) is 6.07. The maximum absolute atomic E-state index is 13.0. The molecule has 1 atom stereocenters. The summed E-state index contributed by atoms with van der Waals surface area (Å²) in [5.41, 5.74) is 0. The molecule has 3 nitrogen and oxygen atoms in total. The molecule has 0 aliphatic rings. The summed E-state index contributed by atoms with van der Waals surface area (Å²) in [5, 5.41) is 16.7. The summed E-state index contributed by atoms with van der Waals surface area (Å²) in [6.45, 7) is -1.31. The van der Waals surface area contributed by atoms with Crippen LogP contribution < -0.4 is 0 Å². The zero-order valence-corrected chi connectivity index (χ0v) is 9.48. The standard InChI is InChI=1S/C9H14F6O3/c1-2-3-4-18-6(17)8(12,13)9(14,15)7(10,11)5-16/h6,16-17H,2-5H2,1H3. The van der Waals surface area contributed by atoms with E-state index in [9.17, 15) is 26.3 Å². The van der Waals surface area contributed by atoms with E-state index in [1.54, 1.807) is 6.92 Å². The minimum atomic E-state index is -5.93. The third-order valence-electron chi connectivity index (χ3n) is 2.16. The van der Waals surface area contributed by atoms with Crippen molar-refractivity contribution in [3.63, 3.8) is 0 Å². The molecule has 0 saturated carbocycles. The lowest BCUT2D eigenvalue weighted by atomic mass is 10.0. The van der Waals surface area contributed by atoms with Crippen molar-refractivity contribution in [2.24, 2.45) is 0 Å². The van der Waals surface area contributed by atoms with Gasteiger partial charge in [-0.1, -0.05) is 13.3 Å². The molecular weight excluding hydrogens is 270 g/mol. The van der Waals surface area contributed by atoms with Crippen LogP contribution in [0.1, 0.15) is 19.8 Å². The highest BCUT2D eigenvalue weighted by Gasteiger charge is 2.74. The average molecular weight is 284 g/mol. The lowest BCUT2D eigenvalue weighted by Crippen LogP contribution is -2.61. The van der Waals surface area contributed by atoms with Crippen LogP contribution in [0.5, 0.6) is 0 Å². The highest BCUT2D eigenvalue weighted by Crippen LogP contribution is 2.47. The van der Waals surface area contributed by atoms with Crippen LogP contribution in [-0.4, -0.2) is 47.5 Å². The number of ether oxygens (including phenoxy) is 1. The molecule has 0 saturated heterocycles. The van der Waals surface area contributed by atoms with E-state index in [4.69, 9.17) is 10.2 Å². The van der Waals surface area contributed by atoms with Gasteiger partial charge in [-0.05, 0) is 6.42 Å². The van der Waals surface area contributed by atoms with Crippen LogP contribution >= 0.6 is 0 Å². The number of hydrogen-bond acceptors (Lipinski definition) is 3.